The van der Waals surface area contributed by atoms with E-state index in [1.54, 1.807) is 36.4 Å². The quantitative estimate of drug-likeness (QED) is 0.511. The molecule has 0 heterocycles. The first kappa shape index (κ1) is 21.4. The largest absolute Gasteiger partial charge is 0.497 e. The number of hydrogen-bond donors (Lipinski definition) is 2. The van der Waals surface area contributed by atoms with Crippen molar-refractivity contribution in [2.24, 2.45) is 0 Å². The first-order chi connectivity index (χ1) is 14.5. The number of rotatable bonds is 9. The Bertz CT molecular complexity index is 1080. The van der Waals surface area contributed by atoms with Gasteiger partial charge in [-0.05, 0) is 60.9 Å². The maximum absolute atomic E-state index is 12.7. The van der Waals surface area contributed by atoms with Crippen molar-refractivity contribution < 1.29 is 17.9 Å². The molecule has 0 saturated heterocycles. The third-order valence-electron chi connectivity index (χ3n) is 4.52. The Morgan fingerprint density at radius 1 is 0.933 bits per heavy atom. The maximum Gasteiger partial charge on any atom is 0.261 e. The lowest BCUT2D eigenvalue weighted by atomic mass is 10.1. The van der Waals surface area contributed by atoms with Crippen molar-refractivity contribution in [2.45, 2.75) is 17.7 Å². The second-order valence-corrected chi connectivity index (χ2v) is 8.39. The molecule has 3 aromatic rings. The highest BCUT2D eigenvalue weighted by Gasteiger charge is 2.16. The van der Waals surface area contributed by atoms with Gasteiger partial charge in [0.1, 0.15) is 5.75 Å². The molecule has 2 N–H and O–H groups in total. The molecule has 0 bridgehead atoms. The average molecular weight is 425 g/mol. The first-order valence-corrected chi connectivity index (χ1v) is 11.1. The highest BCUT2D eigenvalue weighted by Crippen LogP contribution is 2.20. The zero-order chi connectivity index (χ0) is 21.4. The van der Waals surface area contributed by atoms with E-state index in [2.05, 4.69) is 10.0 Å². The lowest BCUT2D eigenvalue weighted by molar-refractivity contribution is 0.0953. The molecule has 0 aliphatic carbocycles. The van der Waals surface area contributed by atoms with Gasteiger partial charge in [-0.1, -0.05) is 36.4 Å². The van der Waals surface area contributed by atoms with Gasteiger partial charge in [-0.15, -0.1) is 0 Å². The number of ether oxygens (including phenoxy) is 1. The zero-order valence-corrected chi connectivity index (χ0v) is 17.5. The van der Waals surface area contributed by atoms with Crippen LogP contribution in [0.5, 0.6) is 5.75 Å². The van der Waals surface area contributed by atoms with Crippen LogP contribution in [0, 0.1) is 0 Å². The summed E-state index contributed by atoms with van der Waals surface area (Å²) in [4.78, 5) is 12.4. The minimum absolute atomic E-state index is 0.0234. The SMILES string of the molecule is COc1ccc(NS(=O)(=O)c2cccc(C(=O)NCCCc3ccccc3)c2)cc1. The predicted octanol–water partition coefficient (Wildman–Crippen LogP) is 3.86. The lowest BCUT2D eigenvalue weighted by Gasteiger charge is -2.10. The van der Waals surface area contributed by atoms with Crippen LogP contribution in [0.25, 0.3) is 0 Å². The third kappa shape index (κ3) is 5.84. The zero-order valence-electron chi connectivity index (χ0n) is 16.7. The molecule has 0 spiro atoms. The molecular formula is C23H24N2O4S. The lowest BCUT2D eigenvalue weighted by Crippen LogP contribution is -2.25. The highest BCUT2D eigenvalue weighted by atomic mass is 32.2. The number of anilines is 1. The summed E-state index contributed by atoms with van der Waals surface area (Å²) in [6.07, 6.45) is 1.66. The number of carbonyl (C=O) groups is 1. The van der Waals surface area contributed by atoms with Gasteiger partial charge in [-0.3, -0.25) is 9.52 Å². The van der Waals surface area contributed by atoms with Gasteiger partial charge < -0.3 is 10.1 Å². The molecule has 0 fully saturated rings. The number of methoxy groups -OCH3 is 1. The highest BCUT2D eigenvalue weighted by molar-refractivity contribution is 7.92. The van der Waals surface area contributed by atoms with Crippen molar-refractivity contribution in [3.63, 3.8) is 0 Å². The molecule has 0 radical (unpaired) electrons. The van der Waals surface area contributed by atoms with Crippen LogP contribution in [0.2, 0.25) is 0 Å². The van der Waals surface area contributed by atoms with Crippen LogP contribution < -0.4 is 14.8 Å². The van der Waals surface area contributed by atoms with Crippen LogP contribution in [0.1, 0.15) is 22.3 Å². The Morgan fingerprint density at radius 2 is 1.67 bits per heavy atom. The molecule has 6 nitrogen and oxygen atoms in total. The fourth-order valence-corrected chi connectivity index (χ4v) is 4.02. The van der Waals surface area contributed by atoms with Crippen LogP contribution >= 0.6 is 0 Å². The van der Waals surface area contributed by atoms with Crippen molar-refractivity contribution in [1.29, 1.82) is 0 Å². The number of benzene rings is 3. The number of hydrogen-bond acceptors (Lipinski definition) is 4. The normalized spacial score (nSPS) is 11.0. The van der Waals surface area contributed by atoms with Gasteiger partial charge >= 0.3 is 0 Å². The number of amides is 1. The fraction of sp³-hybridized carbons (Fsp3) is 0.174. The summed E-state index contributed by atoms with van der Waals surface area (Å²) in [7, 11) is -2.28. The van der Waals surface area contributed by atoms with E-state index in [9.17, 15) is 13.2 Å². The van der Waals surface area contributed by atoms with E-state index in [1.165, 1.54) is 24.8 Å². The van der Waals surface area contributed by atoms with Gasteiger partial charge in [-0.2, -0.15) is 0 Å². The van der Waals surface area contributed by atoms with E-state index < -0.39 is 10.0 Å². The van der Waals surface area contributed by atoms with E-state index in [-0.39, 0.29) is 10.8 Å². The summed E-state index contributed by atoms with van der Waals surface area (Å²) >= 11 is 0. The summed E-state index contributed by atoms with van der Waals surface area (Å²) < 4.78 is 32.9. The minimum atomic E-state index is -3.82. The Hall–Kier alpha value is -3.32. The van der Waals surface area contributed by atoms with Crippen LogP contribution in [0.4, 0.5) is 5.69 Å². The van der Waals surface area contributed by atoms with Gasteiger partial charge in [0.05, 0.1) is 12.0 Å². The molecule has 30 heavy (non-hydrogen) atoms. The van der Waals surface area contributed by atoms with Crippen molar-refractivity contribution >= 4 is 21.6 Å². The van der Waals surface area contributed by atoms with Crippen molar-refractivity contribution in [2.75, 3.05) is 18.4 Å². The maximum atomic E-state index is 12.7. The van der Waals surface area contributed by atoms with Crippen molar-refractivity contribution in [3.05, 3.63) is 90.0 Å². The molecule has 3 rings (SSSR count). The number of nitrogens with one attached hydrogen (secondary N) is 2. The Labute approximate surface area is 177 Å². The molecule has 0 aliphatic heterocycles. The molecule has 0 aliphatic rings. The summed E-state index contributed by atoms with van der Waals surface area (Å²) in [6, 6.07) is 22.6. The van der Waals surface area contributed by atoms with Gasteiger partial charge in [0, 0.05) is 17.8 Å². The second kappa shape index (κ2) is 9.93. The second-order valence-electron chi connectivity index (χ2n) is 6.71. The monoisotopic (exact) mass is 424 g/mol. The summed E-state index contributed by atoms with van der Waals surface area (Å²) in [5, 5.41) is 2.84. The number of aryl methyl sites for hydroxylation is 1. The molecule has 0 aromatic heterocycles. The molecule has 1 amide bonds. The van der Waals surface area contributed by atoms with Gasteiger partial charge in [0.15, 0.2) is 0 Å². The topological polar surface area (TPSA) is 84.5 Å². The summed E-state index contributed by atoms with van der Waals surface area (Å²) in [5.74, 6) is 0.327. The van der Waals surface area contributed by atoms with E-state index >= 15 is 0 Å². The number of carbonyl (C=O) groups excluding carboxylic acids is 1. The first-order valence-electron chi connectivity index (χ1n) is 9.57. The predicted molar refractivity (Wildman–Crippen MR) is 117 cm³/mol. The molecular weight excluding hydrogens is 400 g/mol. The molecule has 156 valence electrons. The fourth-order valence-electron chi connectivity index (χ4n) is 2.92. The summed E-state index contributed by atoms with van der Waals surface area (Å²) in [5.41, 5.74) is 1.92. The van der Waals surface area contributed by atoms with Crippen molar-refractivity contribution in [1.82, 2.24) is 5.32 Å². The van der Waals surface area contributed by atoms with Gasteiger partial charge in [0.25, 0.3) is 15.9 Å². The van der Waals surface area contributed by atoms with E-state index in [0.717, 1.165) is 12.8 Å². The Balaban J connectivity index is 1.60. The molecule has 7 heteroatoms. The van der Waals surface area contributed by atoms with Crippen LogP contribution in [-0.4, -0.2) is 28.0 Å². The van der Waals surface area contributed by atoms with E-state index in [1.807, 2.05) is 30.3 Å². The van der Waals surface area contributed by atoms with E-state index in [0.29, 0.717) is 23.5 Å². The Kier molecular flexibility index (Phi) is 7.08. The molecule has 3 aromatic carbocycles. The average Bonchev–Trinajstić information content (AvgIpc) is 2.77. The van der Waals surface area contributed by atoms with E-state index in [4.69, 9.17) is 4.74 Å². The number of sulfonamides is 1. The van der Waals surface area contributed by atoms with Crippen LogP contribution in [0.15, 0.2) is 83.8 Å². The Morgan fingerprint density at radius 3 is 2.37 bits per heavy atom. The third-order valence-corrected chi connectivity index (χ3v) is 5.90. The van der Waals surface area contributed by atoms with Gasteiger partial charge in [-0.25, -0.2) is 8.42 Å². The van der Waals surface area contributed by atoms with Crippen LogP contribution in [0.3, 0.4) is 0 Å². The molecule has 0 saturated carbocycles. The molecule has 0 unspecified atom stereocenters. The summed E-state index contributed by atoms with van der Waals surface area (Å²) in [6.45, 7) is 0.509. The smallest absolute Gasteiger partial charge is 0.261 e. The standard InChI is InChI=1S/C23H24N2O4S/c1-29-21-14-12-20(13-15-21)25-30(27,28)22-11-5-10-19(17-22)23(26)24-16-6-9-18-7-3-2-4-8-18/h2-5,7-8,10-15,17,25H,6,9,16H2,1H3,(H,24,26). The van der Waals surface area contributed by atoms with Crippen LogP contribution in [-0.2, 0) is 16.4 Å². The van der Waals surface area contributed by atoms with Gasteiger partial charge in [0.2, 0.25) is 0 Å². The minimum Gasteiger partial charge on any atom is -0.497 e. The molecule has 0 atom stereocenters. The van der Waals surface area contributed by atoms with Crippen molar-refractivity contribution in [3.8, 4) is 5.75 Å².